The molecule has 1 aliphatic rings. The Hall–Kier alpha value is -4.22. The standard InChI is InChI=1S/C37H39BrFN3O5S/c1-2-47-33-20-22-34(23-21-33)48(45,46)42(32-18-16-30(39)17-19-32)26-36(43)41(25-28-12-14-29(38)15-13-28)35(24-27-8-4-3-5-9-27)37(44)40-31-10-6-7-11-31/h3-5,8-9,12-23,31,35H,2,6-7,10-11,24-26H2,1H3,(H,40,44)/t35-/m1/s1. The summed E-state index contributed by atoms with van der Waals surface area (Å²) in [7, 11) is -4.33. The Kier molecular flexibility index (Phi) is 11.9. The molecule has 1 N–H and O–H groups in total. The number of hydrogen-bond acceptors (Lipinski definition) is 5. The molecule has 8 nitrogen and oxygen atoms in total. The molecule has 0 radical (unpaired) electrons. The Labute approximate surface area is 290 Å². The highest BCUT2D eigenvalue weighted by molar-refractivity contribution is 9.10. The molecule has 0 spiro atoms. The second-order valence-corrected chi connectivity index (χ2v) is 14.5. The van der Waals surface area contributed by atoms with E-state index >= 15 is 0 Å². The van der Waals surface area contributed by atoms with E-state index in [0.29, 0.717) is 12.4 Å². The van der Waals surface area contributed by atoms with Crippen molar-refractivity contribution in [2.24, 2.45) is 0 Å². The first-order valence-electron chi connectivity index (χ1n) is 16.0. The molecule has 48 heavy (non-hydrogen) atoms. The van der Waals surface area contributed by atoms with E-state index in [9.17, 15) is 22.4 Å². The van der Waals surface area contributed by atoms with Gasteiger partial charge in [-0.2, -0.15) is 0 Å². The van der Waals surface area contributed by atoms with Crippen molar-refractivity contribution in [3.05, 3.63) is 125 Å². The van der Waals surface area contributed by atoms with Gasteiger partial charge in [0.1, 0.15) is 24.2 Å². The molecule has 0 aromatic heterocycles. The number of halogens is 2. The van der Waals surface area contributed by atoms with Gasteiger partial charge < -0.3 is 15.0 Å². The van der Waals surface area contributed by atoms with Crippen molar-refractivity contribution in [2.75, 3.05) is 17.5 Å². The maximum atomic E-state index is 14.6. The monoisotopic (exact) mass is 735 g/mol. The Balaban J connectivity index is 1.55. The van der Waals surface area contributed by atoms with Gasteiger partial charge in [0.15, 0.2) is 0 Å². The van der Waals surface area contributed by atoms with E-state index in [1.165, 1.54) is 29.2 Å². The molecule has 0 unspecified atom stereocenters. The first-order chi connectivity index (χ1) is 23.1. The molecule has 4 aromatic carbocycles. The van der Waals surface area contributed by atoms with Crippen molar-refractivity contribution in [1.82, 2.24) is 10.2 Å². The molecule has 0 bridgehead atoms. The van der Waals surface area contributed by atoms with Crippen LogP contribution >= 0.6 is 15.9 Å². The summed E-state index contributed by atoms with van der Waals surface area (Å²) >= 11 is 3.45. The zero-order valence-corrected chi connectivity index (χ0v) is 29.1. The number of amides is 2. The third kappa shape index (κ3) is 9.02. The molecule has 11 heteroatoms. The second-order valence-electron chi connectivity index (χ2n) is 11.7. The lowest BCUT2D eigenvalue weighted by Crippen LogP contribution is -2.54. The summed E-state index contributed by atoms with van der Waals surface area (Å²) in [5, 5.41) is 3.17. The second kappa shape index (κ2) is 16.3. The number of hydrogen-bond donors (Lipinski definition) is 1. The topological polar surface area (TPSA) is 96.0 Å². The molecule has 252 valence electrons. The van der Waals surface area contributed by atoms with E-state index < -0.39 is 34.3 Å². The van der Waals surface area contributed by atoms with Gasteiger partial charge in [0.2, 0.25) is 11.8 Å². The van der Waals surface area contributed by atoms with Gasteiger partial charge in [-0.25, -0.2) is 12.8 Å². The zero-order valence-electron chi connectivity index (χ0n) is 26.7. The van der Waals surface area contributed by atoms with Crippen LogP contribution in [0.5, 0.6) is 5.75 Å². The number of anilines is 1. The quantitative estimate of drug-likeness (QED) is 0.152. The summed E-state index contributed by atoms with van der Waals surface area (Å²) in [6.45, 7) is 1.67. The van der Waals surface area contributed by atoms with Gasteiger partial charge in [-0.05, 0) is 91.6 Å². The molecule has 0 heterocycles. The molecule has 1 fully saturated rings. The lowest BCUT2D eigenvalue weighted by Gasteiger charge is -2.34. The van der Waals surface area contributed by atoms with E-state index in [1.807, 2.05) is 61.5 Å². The summed E-state index contributed by atoms with van der Waals surface area (Å²) in [5.74, 6) is -0.927. The summed E-state index contributed by atoms with van der Waals surface area (Å²) in [6.07, 6.45) is 3.99. The van der Waals surface area contributed by atoms with Crippen LogP contribution in [0.1, 0.15) is 43.7 Å². The number of sulfonamides is 1. The van der Waals surface area contributed by atoms with E-state index in [1.54, 1.807) is 12.1 Å². The average Bonchev–Trinajstić information content (AvgIpc) is 3.60. The van der Waals surface area contributed by atoms with Crippen LogP contribution in [0.3, 0.4) is 0 Å². The summed E-state index contributed by atoms with van der Waals surface area (Å²) in [6, 6.07) is 26.8. The zero-order chi connectivity index (χ0) is 34.1. The number of nitrogens with one attached hydrogen (secondary N) is 1. The number of benzene rings is 4. The molecule has 1 aliphatic carbocycles. The summed E-state index contributed by atoms with van der Waals surface area (Å²) < 4.78 is 49.7. The Morgan fingerprint density at radius 3 is 2.17 bits per heavy atom. The van der Waals surface area contributed by atoms with Gasteiger partial charge in [0.25, 0.3) is 10.0 Å². The fraction of sp³-hybridized carbons (Fsp3) is 0.297. The molecule has 0 aliphatic heterocycles. The Bertz CT molecular complexity index is 1770. The van der Waals surface area contributed by atoms with Crippen molar-refractivity contribution < 1.29 is 27.1 Å². The van der Waals surface area contributed by atoms with E-state index in [-0.39, 0.29) is 35.5 Å². The Morgan fingerprint density at radius 1 is 0.896 bits per heavy atom. The molecular formula is C37H39BrFN3O5S. The van der Waals surface area contributed by atoms with Crippen LogP contribution in [0.2, 0.25) is 0 Å². The lowest BCUT2D eigenvalue weighted by atomic mass is 10.0. The average molecular weight is 737 g/mol. The molecule has 5 rings (SSSR count). The molecular weight excluding hydrogens is 697 g/mol. The van der Waals surface area contributed by atoms with Crippen molar-refractivity contribution in [3.8, 4) is 5.75 Å². The SMILES string of the molecule is CCOc1ccc(S(=O)(=O)N(CC(=O)N(Cc2ccc(Br)cc2)[C@H](Cc2ccccc2)C(=O)NC2CCCC2)c2ccc(F)cc2)cc1. The van der Waals surface area contributed by atoms with Gasteiger partial charge in [-0.15, -0.1) is 0 Å². The highest BCUT2D eigenvalue weighted by atomic mass is 79.9. The number of carbonyl (C=O) groups is 2. The normalized spacial score (nSPS) is 13.9. The van der Waals surface area contributed by atoms with Gasteiger partial charge >= 0.3 is 0 Å². The minimum Gasteiger partial charge on any atom is -0.494 e. The molecule has 1 saturated carbocycles. The third-order valence-electron chi connectivity index (χ3n) is 8.36. The lowest BCUT2D eigenvalue weighted by molar-refractivity contribution is -0.140. The van der Waals surface area contributed by atoms with Crippen LogP contribution in [0.15, 0.2) is 112 Å². The minimum atomic E-state index is -4.33. The van der Waals surface area contributed by atoms with Crippen molar-refractivity contribution in [1.29, 1.82) is 0 Å². The van der Waals surface area contributed by atoms with Gasteiger partial charge in [0.05, 0.1) is 17.2 Å². The predicted molar refractivity (Wildman–Crippen MR) is 188 cm³/mol. The first-order valence-corrected chi connectivity index (χ1v) is 18.3. The highest BCUT2D eigenvalue weighted by Crippen LogP contribution is 2.27. The van der Waals surface area contributed by atoms with Gasteiger partial charge in [-0.3, -0.25) is 13.9 Å². The largest absolute Gasteiger partial charge is 0.494 e. The molecule has 1 atom stereocenters. The van der Waals surface area contributed by atoms with Crippen LogP contribution < -0.4 is 14.4 Å². The van der Waals surface area contributed by atoms with E-state index in [4.69, 9.17) is 4.74 Å². The van der Waals surface area contributed by atoms with Crippen molar-refractivity contribution in [2.45, 2.75) is 62.6 Å². The van der Waals surface area contributed by atoms with Crippen LogP contribution in [0.4, 0.5) is 10.1 Å². The fourth-order valence-corrected chi connectivity index (χ4v) is 7.52. The summed E-state index contributed by atoms with van der Waals surface area (Å²) in [4.78, 5) is 30.1. The molecule has 2 amide bonds. The minimum absolute atomic E-state index is 0.0103. The maximum Gasteiger partial charge on any atom is 0.264 e. The molecule has 4 aromatic rings. The number of ether oxygens (including phenoxy) is 1. The van der Waals surface area contributed by atoms with Crippen molar-refractivity contribution >= 4 is 43.5 Å². The maximum absolute atomic E-state index is 14.6. The van der Waals surface area contributed by atoms with Crippen LogP contribution in [-0.2, 0) is 32.6 Å². The number of nitrogens with zero attached hydrogens (tertiary/aromatic N) is 2. The number of carbonyl (C=O) groups excluding carboxylic acids is 2. The van der Waals surface area contributed by atoms with Gasteiger partial charge in [0, 0.05) is 23.5 Å². The smallest absolute Gasteiger partial charge is 0.264 e. The van der Waals surface area contributed by atoms with Gasteiger partial charge in [-0.1, -0.05) is 71.2 Å². The van der Waals surface area contributed by atoms with Crippen LogP contribution in [-0.4, -0.2) is 50.4 Å². The molecule has 0 saturated heterocycles. The first kappa shape index (κ1) is 35.1. The van der Waals surface area contributed by atoms with E-state index in [0.717, 1.165) is 57.7 Å². The van der Waals surface area contributed by atoms with Crippen LogP contribution in [0, 0.1) is 5.82 Å². The Morgan fingerprint density at radius 2 is 1.54 bits per heavy atom. The van der Waals surface area contributed by atoms with Crippen molar-refractivity contribution in [3.63, 3.8) is 0 Å². The summed E-state index contributed by atoms with van der Waals surface area (Å²) in [5.41, 5.74) is 1.73. The van der Waals surface area contributed by atoms with E-state index in [2.05, 4.69) is 21.2 Å². The fourth-order valence-electron chi connectivity index (χ4n) is 5.85. The predicted octanol–water partition coefficient (Wildman–Crippen LogP) is 6.88. The number of rotatable bonds is 14. The van der Waals surface area contributed by atoms with Crippen LogP contribution in [0.25, 0.3) is 0 Å². The highest BCUT2D eigenvalue weighted by Gasteiger charge is 2.35. The third-order valence-corrected chi connectivity index (χ3v) is 10.7.